The molecule has 1 aliphatic carbocycles. The fourth-order valence-corrected chi connectivity index (χ4v) is 4.26. The standard InChI is InChI=1S/C20H24FN3O3.ClH/c1-11-17-14(12-4-5-12)8-15(20(26)27)19(25)24(17)10-16(21)18(11)23-7-6-13(9-23)22(2)3;/h8,10,12-13H,4-7,9H2,1-3H3,(H,26,27);1H. The van der Waals surface area contributed by atoms with Crippen LogP contribution in [0.3, 0.4) is 0 Å². The number of carbonyl (C=O) groups is 1. The Kier molecular flexibility index (Phi) is 5.42. The Labute approximate surface area is 169 Å². The van der Waals surface area contributed by atoms with E-state index in [1.165, 1.54) is 16.7 Å². The quantitative estimate of drug-likeness (QED) is 0.841. The maximum absolute atomic E-state index is 15.1. The fourth-order valence-electron chi connectivity index (χ4n) is 4.26. The van der Waals surface area contributed by atoms with Crippen LogP contribution in [0.5, 0.6) is 0 Å². The van der Waals surface area contributed by atoms with Gasteiger partial charge in [0.05, 0.1) is 17.4 Å². The van der Waals surface area contributed by atoms with E-state index in [-0.39, 0.29) is 23.9 Å². The summed E-state index contributed by atoms with van der Waals surface area (Å²) in [5.41, 5.74) is 1.78. The smallest absolute Gasteiger partial charge is 0.341 e. The fraction of sp³-hybridized carbons (Fsp3) is 0.500. The zero-order valence-corrected chi connectivity index (χ0v) is 17.1. The molecule has 2 aromatic rings. The lowest BCUT2D eigenvalue weighted by atomic mass is 10.0. The Morgan fingerprint density at radius 3 is 2.50 bits per heavy atom. The first kappa shape index (κ1) is 20.6. The number of pyridine rings is 2. The maximum Gasteiger partial charge on any atom is 0.341 e. The minimum atomic E-state index is -1.27. The Morgan fingerprint density at radius 1 is 1.29 bits per heavy atom. The summed E-state index contributed by atoms with van der Waals surface area (Å²) < 4.78 is 16.3. The predicted octanol–water partition coefficient (Wildman–Crippen LogP) is 2.88. The van der Waals surface area contributed by atoms with Crippen molar-refractivity contribution < 1.29 is 14.3 Å². The van der Waals surface area contributed by atoms with Crippen molar-refractivity contribution in [1.29, 1.82) is 0 Å². The van der Waals surface area contributed by atoms with Crippen LogP contribution in [-0.4, -0.2) is 53.6 Å². The van der Waals surface area contributed by atoms with Crippen molar-refractivity contribution in [1.82, 2.24) is 9.30 Å². The third-order valence-electron chi connectivity index (χ3n) is 5.90. The molecule has 152 valence electrons. The van der Waals surface area contributed by atoms with Gasteiger partial charge in [0.25, 0.3) is 5.56 Å². The van der Waals surface area contributed by atoms with Gasteiger partial charge in [0.2, 0.25) is 0 Å². The largest absolute Gasteiger partial charge is 0.477 e. The van der Waals surface area contributed by atoms with Gasteiger partial charge in [-0.15, -0.1) is 12.4 Å². The van der Waals surface area contributed by atoms with Crippen molar-refractivity contribution >= 4 is 29.6 Å². The molecule has 2 aliphatic rings. The summed E-state index contributed by atoms with van der Waals surface area (Å²) in [5.74, 6) is -1.51. The molecule has 1 aliphatic heterocycles. The molecule has 1 saturated heterocycles. The molecular formula is C20H25ClFN3O3. The number of likely N-dealkylation sites (N-methyl/N-ethyl adjacent to an activating group) is 1. The van der Waals surface area contributed by atoms with E-state index >= 15 is 4.39 Å². The summed E-state index contributed by atoms with van der Waals surface area (Å²) in [5, 5.41) is 9.38. The monoisotopic (exact) mass is 409 g/mol. The third-order valence-corrected chi connectivity index (χ3v) is 5.90. The molecule has 0 bridgehead atoms. The molecule has 8 heteroatoms. The normalized spacial score (nSPS) is 19.3. The van der Waals surface area contributed by atoms with Crippen LogP contribution in [0.4, 0.5) is 10.1 Å². The molecule has 6 nitrogen and oxygen atoms in total. The number of hydrogen-bond acceptors (Lipinski definition) is 4. The number of halogens is 2. The number of anilines is 1. The first-order valence-electron chi connectivity index (χ1n) is 9.32. The molecule has 2 aromatic heterocycles. The van der Waals surface area contributed by atoms with Gasteiger partial charge in [-0.05, 0) is 63.4 Å². The van der Waals surface area contributed by atoms with Crippen LogP contribution in [0.2, 0.25) is 0 Å². The molecule has 28 heavy (non-hydrogen) atoms. The Bertz CT molecular complexity index is 1000. The predicted molar refractivity (Wildman–Crippen MR) is 109 cm³/mol. The highest BCUT2D eigenvalue weighted by molar-refractivity contribution is 5.89. The van der Waals surface area contributed by atoms with Gasteiger partial charge in [0.1, 0.15) is 5.56 Å². The molecular weight excluding hydrogens is 385 g/mol. The average Bonchev–Trinajstić information content (AvgIpc) is 3.32. The second-order valence-corrected chi connectivity index (χ2v) is 7.92. The molecule has 1 atom stereocenters. The molecule has 1 saturated carbocycles. The van der Waals surface area contributed by atoms with Gasteiger partial charge in [0, 0.05) is 19.1 Å². The van der Waals surface area contributed by atoms with Gasteiger partial charge in [0.15, 0.2) is 5.82 Å². The summed E-state index contributed by atoms with van der Waals surface area (Å²) in [6.07, 6.45) is 4.05. The number of carboxylic acid groups (broad SMARTS) is 1. The Balaban J connectivity index is 0.00000225. The van der Waals surface area contributed by atoms with E-state index in [0.29, 0.717) is 22.8 Å². The first-order chi connectivity index (χ1) is 12.8. The van der Waals surface area contributed by atoms with Gasteiger partial charge in [-0.2, -0.15) is 0 Å². The summed E-state index contributed by atoms with van der Waals surface area (Å²) in [6, 6.07) is 1.86. The number of aromatic carboxylic acids is 1. The number of carboxylic acids is 1. The molecule has 0 radical (unpaired) electrons. The minimum Gasteiger partial charge on any atom is -0.477 e. The average molecular weight is 410 g/mol. The van der Waals surface area contributed by atoms with Crippen molar-refractivity contribution in [3.05, 3.63) is 45.1 Å². The van der Waals surface area contributed by atoms with Gasteiger partial charge in [-0.3, -0.25) is 9.20 Å². The van der Waals surface area contributed by atoms with Crippen LogP contribution in [0.25, 0.3) is 5.52 Å². The van der Waals surface area contributed by atoms with E-state index in [1.807, 2.05) is 25.9 Å². The lowest BCUT2D eigenvalue weighted by molar-refractivity contribution is 0.0694. The van der Waals surface area contributed by atoms with Crippen molar-refractivity contribution in [2.45, 2.75) is 38.1 Å². The molecule has 4 rings (SSSR count). The SMILES string of the molecule is Cc1c(N2CCC(N(C)C)C2)c(F)cn2c(=O)c(C(=O)O)cc(C3CC3)c12.Cl. The molecule has 1 N–H and O–H groups in total. The molecule has 3 heterocycles. The number of nitrogens with zero attached hydrogens (tertiary/aromatic N) is 3. The van der Waals surface area contributed by atoms with Crippen molar-refractivity contribution in [2.75, 3.05) is 32.1 Å². The van der Waals surface area contributed by atoms with E-state index in [2.05, 4.69) is 4.90 Å². The molecule has 0 aromatic carbocycles. The summed E-state index contributed by atoms with van der Waals surface area (Å²) in [7, 11) is 4.05. The summed E-state index contributed by atoms with van der Waals surface area (Å²) in [6.45, 7) is 3.33. The van der Waals surface area contributed by atoms with Crippen LogP contribution < -0.4 is 10.5 Å². The van der Waals surface area contributed by atoms with Crippen LogP contribution in [0.1, 0.15) is 46.7 Å². The van der Waals surface area contributed by atoms with Crippen LogP contribution >= 0.6 is 12.4 Å². The van der Waals surface area contributed by atoms with Crippen molar-refractivity contribution in [3.63, 3.8) is 0 Å². The Morgan fingerprint density at radius 2 is 1.96 bits per heavy atom. The highest BCUT2D eigenvalue weighted by atomic mass is 35.5. The van der Waals surface area contributed by atoms with Crippen molar-refractivity contribution in [3.8, 4) is 0 Å². The van der Waals surface area contributed by atoms with Crippen LogP contribution in [0, 0.1) is 12.7 Å². The van der Waals surface area contributed by atoms with E-state index in [9.17, 15) is 14.7 Å². The number of aryl methyl sites for hydroxylation is 1. The lowest BCUT2D eigenvalue weighted by Crippen LogP contribution is -2.32. The van der Waals surface area contributed by atoms with Crippen LogP contribution in [-0.2, 0) is 0 Å². The van der Waals surface area contributed by atoms with E-state index in [0.717, 1.165) is 37.9 Å². The van der Waals surface area contributed by atoms with E-state index < -0.39 is 17.3 Å². The van der Waals surface area contributed by atoms with Crippen molar-refractivity contribution in [2.24, 2.45) is 0 Å². The van der Waals surface area contributed by atoms with Gasteiger partial charge in [-0.1, -0.05) is 0 Å². The van der Waals surface area contributed by atoms with E-state index in [4.69, 9.17) is 0 Å². The number of fused-ring (bicyclic) bond motifs is 1. The molecule has 2 fully saturated rings. The molecule has 0 amide bonds. The molecule has 0 spiro atoms. The minimum absolute atomic E-state index is 0. The highest BCUT2D eigenvalue weighted by Gasteiger charge is 2.32. The van der Waals surface area contributed by atoms with Gasteiger partial charge >= 0.3 is 5.97 Å². The maximum atomic E-state index is 15.1. The summed E-state index contributed by atoms with van der Waals surface area (Å²) >= 11 is 0. The van der Waals surface area contributed by atoms with Crippen LogP contribution in [0.15, 0.2) is 17.1 Å². The zero-order valence-electron chi connectivity index (χ0n) is 16.2. The second kappa shape index (κ2) is 7.37. The number of rotatable bonds is 4. The third kappa shape index (κ3) is 3.26. The van der Waals surface area contributed by atoms with Gasteiger partial charge in [-0.25, -0.2) is 9.18 Å². The summed E-state index contributed by atoms with van der Waals surface area (Å²) in [4.78, 5) is 28.3. The zero-order chi connectivity index (χ0) is 19.5. The van der Waals surface area contributed by atoms with E-state index in [1.54, 1.807) is 0 Å². The molecule has 1 unspecified atom stereocenters. The number of hydrogen-bond donors (Lipinski definition) is 1. The topological polar surface area (TPSA) is 65.3 Å². The van der Waals surface area contributed by atoms with Gasteiger partial charge < -0.3 is 14.9 Å². The lowest BCUT2D eigenvalue weighted by Gasteiger charge is -2.25. The number of aromatic nitrogens is 1. The first-order valence-corrected chi connectivity index (χ1v) is 9.32. The Hall–Kier alpha value is -2.12. The highest BCUT2D eigenvalue weighted by Crippen LogP contribution is 2.44. The second-order valence-electron chi connectivity index (χ2n) is 7.92.